The first kappa shape index (κ1) is 14.3. The fourth-order valence-electron chi connectivity index (χ4n) is 0.616. The van der Waals surface area contributed by atoms with Gasteiger partial charge in [0.25, 0.3) is 5.97 Å². The zero-order valence-electron chi connectivity index (χ0n) is 6.34. The molecule has 0 saturated heterocycles. The van der Waals surface area contributed by atoms with Crippen LogP contribution in [0.15, 0.2) is 0 Å². The van der Waals surface area contributed by atoms with Crippen molar-refractivity contribution in [2.75, 3.05) is 6.54 Å². The van der Waals surface area contributed by atoms with E-state index in [4.69, 9.17) is 16.6 Å². The van der Waals surface area contributed by atoms with E-state index in [1.807, 2.05) is 0 Å². The molecule has 0 spiro atoms. The Balaban J connectivity index is 0. The van der Waals surface area contributed by atoms with Crippen molar-refractivity contribution in [1.29, 1.82) is 0 Å². The fourth-order valence-corrected chi connectivity index (χ4v) is 0.616. The fraction of sp³-hybridized carbons (Fsp3) is 0.833. The van der Waals surface area contributed by atoms with Crippen molar-refractivity contribution in [3.8, 4) is 0 Å². The Morgan fingerprint density at radius 3 is 2.45 bits per heavy atom. The third kappa shape index (κ3) is 8.67. The molecule has 0 bridgehead atoms. The van der Waals surface area contributed by atoms with Crippen LogP contribution in [0.4, 0.5) is 0 Å². The molecular weight excluding hydrogens is 272 g/mol. The quantitative estimate of drug-likeness (QED) is 0.726. The van der Waals surface area contributed by atoms with Crippen LogP contribution in [0.3, 0.4) is 0 Å². The van der Waals surface area contributed by atoms with Crippen molar-refractivity contribution in [1.82, 2.24) is 0 Å². The van der Waals surface area contributed by atoms with E-state index >= 15 is 0 Å². The average Bonchev–Trinajstić information content (AvgIpc) is 1.88. The largest absolute Gasteiger partial charge is 0.665 e. The van der Waals surface area contributed by atoms with Crippen LogP contribution in [0.1, 0.15) is 19.3 Å². The van der Waals surface area contributed by atoms with E-state index in [1.54, 1.807) is 0 Å². The van der Waals surface area contributed by atoms with E-state index in [9.17, 15) is 4.79 Å². The van der Waals surface area contributed by atoms with Gasteiger partial charge in [0.2, 0.25) is 0 Å². The Labute approximate surface area is 100 Å². The number of aliphatic carboxylic acids is 1. The Morgan fingerprint density at radius 1 is 1.55 bits per heavy atom. The molecule has 5 heteroatoms. The number of nitrogens with two attached hydrogens (primary N) is 1. The summed E-state index contributed by atoms with van der Waals surface area (Å²) in [5, 5.41) is 8.26. The number of carboxylic acid groups (broad SMARTS) is 1. The van der Waals surface area contributed by atoms with Crippen molar-refractivity contribution >= 4 is 5.97 Å². The summed E-state index contributed by atoms with van der Waals surface area (Å²) >= 11 is 0. The number of hydrogen-bond acceptors (Lipinski definition) is 2. The van der Waals surface area contributed by atoms with Gasteiger partial charge in [0, 0.05) is 41.7 Å². The van der Waals surface area contributed by atoms with Gasteiger partial charge in [-0.15, -0.1) is 0 Å². The van der Waals surface area contributed by atoms with Crippen LogP contribution in [-0.4, -0.2) is 23.7 Å². The number of carbonyl (C=O) groups is 1. The van der Waals surface area contributed by atoms with E-state index < -0.39 is 12.0 Å². The number of rotatable bonds is 5. The van der Waals surface area contributed by atoms with Crippen molar-refractivity contribution < 1.29 is 51.6 Å². The molecule has 4 N–H and O–H groups in total. The molecule has 1 atom stereocenters. The summed E-state index contributed by atoms with van der Waals surface area (Å²) in [7, 11) is 0. The molecule has 0 aromatic heterocycles. The maximum Gasteiger partial charge on any atom is 0.285 e. The molecule has 0 aromatic carbocycles. The van der Waals surface area contributed by atoms with E-state index in [1.165, 1.54) is 0 Å². The number of carboxylic acids is 1. The SMILES string of the molecule is [Ce].[NH-][C@@H](CCCCN)C(=O)O. The first-order chi connectivity index (χ1) is 4.68. The van der Waals surface area contributed by atoms with Crippen LogP contribution < -0.4 is 5.73 Å². The van der Waals surface area contributed by atoms with Crippen molar-refractivity contribution in [2.45, 2.75) is 25.3 Å². The van der Waals surface area contributed by atoms with Crippen LogP contribution >= 0.6 is 0 Å². The molecule has 0 saturated carbocycles. The summed E-state index contributed by atoms with van der Waals surface area (Å²) in [6, 6.07) is -0.966. The minimum atomic E-state index is -1.04. The molecule has 0 rings (SSSR count). The summed E-state index contributed by atoms with van der Waals surface area (Å²) in [6.07, 6.45) is 1.95. The molecule has 0 heterocycles. The first-order valence-corrected chi connectivity index (χ1v) is 3.32. The van der Waals surface area contributed by atoms with Gasteiger partial charge in [0.15, 0.2) is 0 Å². The minimum absolute atomic E-state index is 0. The monoisotopic (exact) mass is 285 g/mol. The van der Waals surface area contributed by atoms with Gasteiger partial charge in [-0.1, -0.05) is 12.8 Å². The first-order valence-electron chi connectivity index (χ1n) is 3.32. The Bertz CT molecular complexity index is 111. The molecule has 0 aromatic rings. The Hall–Kier alpha value is 0.767. The van der Waals surface area contributed by atoms with Crippen LogP contribution in [-0.2, 0) is 4.79 Å². The maximum atomic E-state index is 10.1. The predicted molar refractivity (Wildman–Crippen MR) is 38.7 cm³/mol. The zero-order chi connectivity index (χ0) is 7.98. The van der Waals surface area contributed by atoms with Gasteiger partial charge in [-0.3, -0.25) is 4.79 Å². The van der Waals surface area contributed by atoms with Crippen LogP contribution in [0.25, 0.3) is 5.73 Å². The Kier molecular flexibility index (Phi) is 11.5. The molecule has 11 heavy (non-hydrogen) atoms. The van der Waals surface area contributed by atoms with Crippen LogP contribution in [0, 0.1) is 41.7 Å². The number of unbranched alkanes of at least 4 members (excludes halogenated alkanes) is 1. The molecule has 4 nitrogen and oxygen atoms in total. The van der Waals surface area contributed by atoms with E-state index in [2.05, 4.69) is 0 Å². The molecule has 64 valence electrons. The van der Waals surface area contributed by atoms with Crippen molar-refractivity contribution in [3.05, 3.63) is 5.73 Å². The van der Waals surface area contributed by atoms with E-state index in [-0.39, 0.29) is 41.7 Å². The maximum absolute atomic E-state index is 10.1. The third-order valence-corrected chi connectivity index (χ3v) is 1.25. The normalized spacial score (nSPS) is 11.8. The standard InChI is InChI=1S/C6H13N2O2.Ce/c7-4-2-1-3-5(8)6(9)10;/h5,8H,1-4,7H2,(H,9,10);/q-1;/t5-;/m0./s1. The molecule has 0 aliphatic carbocycles. The molecule has 0 amide bonds. The molecule has 0 unspecified atom stereocenters. The van der Waals surface area contributed by atoms with Gasteiger partial charge in [0.1, 0.15) is 0 Å². The number of nitrogens with one attached hydrogen (secondary N) is 1. The van der Waals surface area contributed by atoms with Gasteiger partial charge in [0.05, 0.1) is 0 Å². The Morgan fingerprint density at radius 2 is 2.09 bits per heavy atom. The summed E-state index contributed by atoms with van der Waals surface area (Å²) < 4.78 is 0. The predicted octanol–water partition coefficient (Wildman–Crippen LogP) is 0.621. The number of hydrogen-bond donors (Lipinski definition) is 2. The summed E-state index contributed by atoms with van der Waals surface area (Å²) in [6.45, 7) is 0.576. The second-order valence-electron chi connectivity index (χ2n) is 2.18. The second-order valence-corrected chi connectivity index (χ2v) is 2.18. The topological polar surface area (TPSA) is 87.1 Å². The molecule has 0 fully saturated rings. The summed E-state index contributed by atoms with van der Waals surface area (Å²) in [5.41, 5.74) is 12.1. The molecular formula is C6H13CeN2O2-. The van der Waals surface area contributed by atoms with Gasteiger partial charge >= 0.3 is 0 Å². The van der Waals surface area contributed by atoms with Gasteiger partial charge in [-0.05, 0) is 19.0 Å². The third-order valence-electron chi connectivity index (χ3n) is 1.25. The smallest absolute Gasteiger partial charge is 0.285 e. The van der Waals surface area contributed by atoms with Gasteiger partial charge < -0.3 is 16.6 Å². The van der Waals surface area contributed by atoms with Gasteiger partial charge in [-0.2, -0.15) is 0 Å². The van der Waals surface area contributed by atoms with E-state index in [0.717, 1.165) is 12.8 Å². The van der Waals surface area contributed by atoms with Crippen LogP contribution in [0.5, 0.6) is 0 Å². The van der Waals surface area contributed by atoms with Crippen LogP contribution in [0.2, 0.25) is 0 Å². The molecule has 0 radical (unpaired) electrons. The van der Waals surface area contributed by atoms with Crippen molar-refractivity contribution in [3.63, 3.8) is 0 Å². The minimum Gasteiger partial charge on any atom is -0.665 e. The van der Waals surface area contributed by atoms with Gasteiger partial charge in [-0.25, -0.2) is 0 Å². The second kappa shape index (κ2) is 8.86. The summed E-state index contributed by atoms with van der Waals surface area (Å²) in [5.74, 6) is -1.04. The molecule has 0 aliphatic rings. The zero-order valence-corrected chi connectivity index (χ0v) is 9.48. The summed E-state index contributed by atoms with van der Waals surface area (Å²) in [4.78, 5) is 10.1. The van der Waals surface area contributed by atoms with E-state index in [0.29, 0.717) is 13.0 Å². The van der Waals surface area contributed by atoms with Crippen molar-refractivity contribution in [2.24, 2.45) is 5.73 Å². The average molecular weight is 285 g/mol. The molecule has 0 aliphatic heterocycles.